The van der Waals surface area contributed by atoms with Crippen molar-refractivity contribution in [3.8, 4) is 0 Å². The average Bonchev–Trinajstić information content (AvgIpc) is 2.15. The molecule has 0 aromatic carbocycles. The molecular weight excluding hydrogens is 100 g/mol. The standard InChI is InChI=1S/C6H7N2/c1-2-6-7-3-5-8(6)4-1/h1,3,5H,2,4H2. The molecule has 0 atom stereocenters. The van der Waals surface area contributed by atoms with E-state index in [1.165, 1.54) is 5.82 Å². The van der Waals surface area contributed by atoms with E-state index < -0.39 is 0 Å². The van der Waals surface area contributed by atoms with Crippen LogP contribution in [0.25, 0.3) is 0 Å². The Hall–Kier alpha value is -0.790. The molecule has 0 N–H and O–H groups in total. The van der Waals surface area contributed by atoms with Crippen molar-refractivity contribution in [1.82, 2.24) is 9.55 Å². The lowest BCUT2D eigenvalue weighted by Crippen LogP contribution is -1.87. The zero-order valence-electron chi connectivity index (χ0n) is 4.54. The Bertz CT molecular complexity index is 172. The molecule has 0 spiro atoms. The number of nitrogens with zero attached hydrogens (tertiary/aromatic N) is 2. The van der Waals surface area contributed by atoms with Crippen LogP contribution in [-0.4, -0.2) is 9.55 Å². The van der Waals surface area contributed by atoms with Gasteiger partial charge in [-0.25, -0.2) is 4.98 Å². The second kappa shape index (κ2) is 1.34. The van der Waals surface area contributed by atoms with Gasteiger partial charge in [0.2, 0.25) is 0 Å². The zero-order valence-corrected chi connectivity index (χ0v) is 4.54. The maximum atomic E-state index is 4.13. The lowest BCUT2D eigenvalue weighted by molar-refractivity contribution is 0.828. The van der Waals surface area contributed by atoms with Gasteiger partial charge in [-0.15, -0.1) is 0 Å². The molecule has 1 aromatic rings. The minimum atomic E-state index is 1.05. The third-order valence-corrected chi connectivity index (χ3v) is 1.45. The first-order chi connectivity index (χ1) is 3.97. The summed E-state index contributed by atoms with van der Waals surface area (Å²) in [5, 5.41) is 0. The van der Waals surface area contributed by atoms with E-state index >= 15 is 0 Å². The second-order valence-corrected chi connectivity index (χ2v) is 1.99. The van der Waals surface area contributed by atoms with Crippen molar-refractivity contribution in [2.24, 2.45) is 0 Å². The molecule has 1 aliphatic heterocycles. The highest BCUT2D eigenvalue weighted by atomic mass is 15.1. The molecule has 2 nitrogen and oxygen atoms in total. The molecular formula is C6H7N2. The highest BCUT2D eigenvalue weighted by Crippen LogP contribution is 2.09. The van der Waals surface area contributed by atoms with Gasteiger partial charge in [0.05, 0.1) is 0 Å². The van der Waals surface area contributed by atoms with Gasteiger partial charge in [0.1, 0.15) is 5.82 Å². The summed E-state index contributed by atoms with van der Waals surface area (Å²) in [7, 11) is 0. The van der Waals surface area contributed by atoms with Crippen molar-refractivity contribution in [2.75, 3.05) is 0 Å². The van der Waals surface area contributed by atoms with Gasteiger partial charge in [0, 0.05) is 25.4 Å². The molecule has 0 saturated heterocycles. The quantitative estimate of drug-likeness (QED) is 0.475. The molecule has 1 aliphatic rings. The lowest BCUT2D eigenvalue weighted by atomic mass is 10.4. The van der Waals surface area contributed by atoms with Crippen LogP contribution in [0.5, 0.6) is 0 Å². The van der Waals surface area contributed by atoms with E-state index in [9.17, 15) is 0 Å². The molecule has 0 bridgehead atoms. The third-order valence-electron chi connectivity index (χ3n) is 1.45. The predicted octanol–water partition coefficient (Wildman–Crippen LogP) is 0.643. The molecule has 0 amide bonds. The first-order valence-electron chi connectivity index (χ1n) is 2.78. The number of rotatable bonds is 0. The van der Waals surface area contributed by atoms with E-state index in [0.29, 0.717) is 0 Å². The Kier molecular flexibility index (Phi) is 0.692. The Morgan fingerprint density at radius 1 is 1.62 bits per heavy atom. The average molecular weight is 107 g/mol. The third kappa shape index (κ3) is 0.399. The van der Waals surface area contributed by atoms with Crippen LogP contribution in [-0.2, 0) is 13.0 Å². The summed E-state index contributed by atoms with van der Waals surface area (Å²) in [6.07, 6.45) is 7.14. The van der Waals surface area contributed by atoms with Gasteiger partial charge in [-0.3, -0.25) is 0 Å². The Morgan fingerprint density at radius 3 is 3.50 bits per heavy atom. The fourth-order valence-electron chi connectivity index (χ4n) is 1.03. The maximum Gasteiger partial charge on any atom is 0.108 e. The number of fused-ring (bicyclic) bond motifs is 1. The van der Waals surface area contributed by atoms with Crippen molar-refractivity contribution in [3.63, 3.8) is 0 Å². The molecule has 1 radical (unpaired) electrons. The van der Waals surface area contributed by atoms with Crippen LogP contribution in [0.15, 0.2) is 12.4 Å². The molecule has 2 rings (SSSR count). The summed E-state index contributed by atoms with van der Waals surface area (Å²) >= 11 is 0. The Morgan fingerprint density at radius 2 is 2.62 bits per heavy atom. The Balaban J connectivity index is 2.54. The van der Waals surface area contributed by atoms with Gasteiger partial charge < -0.3 is 4.57 Å². The largest absolute Gasteiger partial charge is 0.335 e. The SMILES string of the molecule is [CH]1Cc2nccn2C1. The van der Waals surface area contributed by atoms with Crippen molar-refractivity contribution < 1.29 is 0 Å². The van der Waals surface area contributed by atoms with Crippen molar-refractivity contribution in [2.45, 2.75) is 13.0 Å². The fourth-order valence-corrected chi connectivity index (χ4v) is 1.03. The van der Waals surface area contributed by atoms with Gasteiger partial charge in [0.25, 0.3) is 0 Å². The Labute approximate surface area is 48.2 Å². The predicted molar refractivity (Wildman–Crippen MR) is 30.2 cm³/mol. The van der Waals surface area contributed by atoms with Crippen LogP contribution in [0, 0.1) is 6.42 Å². The van der Waals surface area contributed by atoms with E-state index in [4.69, 9.17) is 0 Å². The molecule has 0 aliphatic carbocycles. The summed E-state index contributed by atoms with van der Waals surface area (Å²) in [4.78, 5) is 4.13. The van der Waals surface area contributed by atoms with Crippen LogP contribution >= 0.6 is 0 Å². The highest BCUT2D eigenvalue weighted by Gasteiger charge is 2.08. The van der Waals surface area contributed by atoms with Crippen molar-refractivity contribution in [3.05, 3.63) is 24.6 Å². The molecule has 41 valence electrons. The minimum absolute atomic E-state index is 1.05. The first-order valence-corrected chi connectivity index (χ1v) is 2.78. The number of imidazole rings is 1. The van der Waals surface area contributed by atoms with Crippen molar-refractivity contribution in [1.29, 1.82) is 0 Å². The van der Waals surface area contributed by atoms with Gasteiger partial charge in [0.15, 0.2) is 0 Å². The summed E-state index contributed by atoms with van der Waals surface area (Å²) < 4.78 is 2.15. The smallest absolute Gasteiger partial charge is 0.108 e. The summed E-state index contributed by atoms with van der Waals surface area (Å²) in [5.41, 5.74) is 0. The summed E-state index contributed by atoms with van der Waals surface area (Å²) in [6.45, 7) is 1.05. The second-order valence-electron chi connectivity index (χ2n) is 1.99. The van der Waals surface area contributed by atoms with Gasteiger partial charge >= 0.3 is 0 Å². The molecule has 0 unspecified atom stereocenters. The lowest BCUT2D eigenvalue weighted by Gasteiger charge is -1.88. The normalized spacial score (nSPS) is 16.5. The highest BCUT2D eigenvalue weighted by molar-refractivity contribution is 5.02. The minimum Gasteiger partial charge on any atom is -0.335 e. The monoisotopic (exact) mass is 107 g/mol. The number of hydrogen-bond donors (Lipinski definition) is 0. The van der Waals surface area contributed by atoms with Crippen LogP contribution in [0.2, 0.25) is 0 Å². The molecule has 1 aromatic heterocycles. The van der Waals surface area contributed by atoms with Crippen LogP contribution in [0.1, 0.15) is 5.82 Å². The molecule has 0 fully saturated rings. The fraction of sp³-hybridized carbons (Fsp3) is 0.333. The zero-order chi connectivity index (χ0) is 5.40. The van der Waals surface area contributed by atoms with Gasteiger partial charge in [-0.2, -0.15) is 0 Å². The van der Waals surface area contributed by atoms with E-state index in [0.717, 1.165) is 13.0 Å². The topological polar surface area (TPSA) is 17.8 Å². The van der Waals surface area contributed by atoms with Crippen LogP contribution in [0.4, 0.5) is 0 Å². The van der Waals surface area contributed by atoms with E-state index in [1.54, 1.807) is 0 Å². The summed E-state index contributed by atoms with van der Waals surface area (Å²) in [6, 6.07) is 0. The summed E-state index contributed by atoms with van der Waals surface area (Å²) in [5.74, 6) is 1.20. The molecule has 8 heavy (non-hydrogen) atoms. The van der Waals surface area contributed by atoms with Crippen LogP contribution < -0.4 is 0 Å². The van der Waals surface area contributed by atoms with Gasteiger partial charge in [-0.1, -0.05) is 0 Å². The van der Waals surface area contributed by atoms with E-state index in [2.05, 4.69) is 16.0 Å². The van der Waals surface area contributed by atoms with E-state index in [1.807, 2.05) is 12.4 Å². The van der Waals surface area contributed by atoms with Crippen LogP contribution in [0.3, 0.4) is 0 Å². The first kappa shape index (κ1) is 4.13. The van der Waals surface area contributed by atoms with Crippen molar-refractivity contribution >= 4 is 0 Å². The molecule has 2 heterocycles. The van der Waals surface area contributed by atoms with Gasteiger partial charge in [-0.05, 0) is 6.42 Å². The van der Waals surface area contributed by atoms with E-state index in [-0.39, 0.29) is 0 Å². The molecule has 0 saturated carbocycles. The maximum absolute atomic E-state index is 4.13. The molecule has 2 heteroatoms. The number of aromatic nitrogens is 2. The number of hydrogen-bond acceptors (Lipinski definition) is 1.